The second kappa shape index (κ2) is 12.5. The molecule has 33 heavy (non-hydrogen) atoms. The molecule has 0 spiro atoms. The Kier molecular flexibility index (Phi) is 9.75. The number of ether oxygens (including phenoxy) is 1. The zero-order valence-electron chi connectivity index (χ0n) is 18.3. The molecule has 12 heteroatoms. The number of pyridine rings is 1. The van der Waals surface area contributed by atoms with E-state index in [0.717, 1.165) is 13.0 Å². The lowest BCUT2D eigenvalue weighted by molar-refractivity contribution is -0.183. The standard InChI is InChI=1S/C11H12ClFN4O4.C7H12FN.C3H6/c12-8-6(13)7-5(4-15-8)9(14-2-1-3-18)17-10(16-7)21-11(19)20;8-6-4-7-2-1-3-9(7)5-6;1-2-3-1/h4,11,18-20H,1-3H2,(H,14,16,17);6-7H,1-5H2;1-3H2. The van der Waals surface area contributed by atoms with E-state index in [0.29, 0.717) is 25.6 Å². The summed E-state index contributed by atoms with van der Waals surface area (Å²) in [5.74, 6) is -0.703. The summed E-state index contributed by atoms with van der Waals surface area (Å²) in [6, 6.07) is 0.171. The number of anilines is 1. The van der Waals surface area contributed by atoms with E-state index in [2.05, 4.69) is 29.9 Å². The van der Waals surface area contributed by atoms with Gasteiger partial charge < -0.3 is 25.4 Å². The number of aliphatic hydroxyl groups excluding tert-OH is 2. The van der Waals surface area contributed by atoms with Crippen molar-refractivity contribution in [1.82, 2.24) is 19.9 Å². The van der Waals surface area contributed by atoms with Crippen LogP contribution < -0.4 is 10.1 Å². The molecule has 4 heterocycles. The van der Waals surface area contributed by atoms with Gasteiger partial charge in [0.05, 0.1) is 5.39 Å². The van der Waals surface area contributed by atoms with E-state index in [1.54, 1.807) is 0 Å². The van der Waals surface area contributed by atoms with E-state index in [4.69, 9.17) is 26.9 Å². The Morgan fingerprint density at radius 3 is 2.64 bits per heavy atom. The summed E-state index contributed by atoms with van der Waals surface area (Å²) in [5.41, 5.74) is -0.174. The third kappa shape index (κ3) is 7.82. The van der Waals surface area contributed by atoms with E-state index in [1.807, 2.05) is 0 Å². The fourth-order valence-electron chi connectivity index (χ4n) is 3.61. The first kappa shape index (κ1) is 25.7. The number of hydrogen-bond donors (Lipinski definition) is 4. The molecule has 2 aromatic rings. The number of hydrogen-bond acceptors (Lipinski definition) is 9. The van der Waals surface area contributed by atoms with Gasteiger partial charge in [-0.25, -0.2) is 13.8 Å². The molecule has 2 saturated heterocycles. The van der Waals surface area contributed by atoms with Gasteiger partial charge in [0.2, 0.25) is 0 Å². The van der Waals surface area contributed by atoms with Gasteiger partial charge in [-0.15, -0.1) is 0 Å². The highest BCUT2D eigenvalue weighted by Gasteiger charge is 2.34. The van der Waals surface area contributed by atoms with E-state index in [-0.39, 0.29) is 28.5 Å². The van der Waals surface area contributed by atoms with E-state index in [1.165, 1.54) is 38.3 Å². The number of halogens is 3. The molecule has 0 amide bonds. The maximum Gasteiger partial charge on any atom is 0.323 e. The van der Waals surface area contributed by atoms with Gasteiger partial charge in [-0.05, 0) is 32.2 Å². The first-order valence-corrected chi connectivity index (χ1v) is 11.5. The summed E-state index contributed by atoms with van der Waals surface area (Å²) >= 11 is 5.59. The summed E-state index contributed by atoms with van der Waals surface area (Å²) in [6.07, 6.45) is 9.03. The predicted molar refractivity (Wildman–Crippen MR) is 119 cm³/mol. The minimum atomic E-state index is -2.15. The van der Waals surface area contributed by atoms with Crippen LogP contribution in [0.3, 0.4) is 0 Å². The van der Waals surface area contributed by atoms with E-state index < -0.39 is 24.5 Å². The molecule has 2 aromatic heterocycles. The molecular formula is C21H30ClF2N5O4. The minimum Gasteiger partial charge on any atom is -0.408 e. The quantitative estimate of drug-likeness (QED) is 0.275. The molecule has 184 valence electrons. The normalized spacial score (nSPS) is 21.2. The molecule has 2 aliphatic heterocycles. The molecular weight excluding hydrogens is 460 g/mol. The lowest BCUT2D eigenvalue weighted by atomic mass is 10.1. The second-order valence-corrected chi connectivity index (χ2v) is 8.47. The third-order valence-corrected chi connectivity index (χ3v) is 5.54. The van der Waals surface area contributed by atoms with Gasteiger partial charge in [0, 0.05) is 31.9 Å². The first-order chi connectivity index (χ1) is 15.9. The van der Waals surface area contributed by atoms with Crippen LogP contribution in [0.1, 0.15) is 44.9 Å². The van der Waals surface area contributed by atoms with E-state index in [9.17, 15) is 8.78 Å². The van der Waals surface area contributed by atoms with Gasteiger partial charge in [0.15, 0.2) is 11.0 Å². The largest absolute Gasteiger partial charge is 0.408 e. The Bertz CT molecular complexity index is 894. The summed E-state index contributed by atoms with van der Waals surface area (Å²) in [5, 5.41) is 29.0. The highest BCUT2D eigenvalue weighted by Crippen LogP contribution is 2.29. The van der Waals surface area contributed by atoms with Crippen molar-refractivity contribution < 1.29 is 28.8 Å². The first-order valence-electron chi connectivity index (χ1n) is 11.2. The molecule has 9 nitrogen and oxygen atoms in total. The third-order valence-electron chi connectivity index (χ3n) is 5.27. The van der Waals surface area contributed by atoms with E-state index >= 15 is 0 Å². The number of aliphatic hydroxyl groups is 3. The Morgan fingerprint density at radius 1 is 1.24 bits per heavy atom. The maximum atomic E-state index is 14.0. The number of rotatable bonds is 6. The molecule has 3 aliphatic rings. The topological polar surface area (TPSA) is 124 Å². The summed E-state index contributed by atoms with van der Waals surface area (Å²) < 4.78 is 31.1. The van der Waals surface area contributed by atoms with Crippen molar-refractivity contribution in [3.8, 4) is 6.01 Å². The van der Waals surface area contributed by atoms with Crippen LogP contribution in [0.25, 0.3) is 10.9 Å². The van der Waals surface area contributed by atoms with Gasteiger partial charge in [0.25, 0.3) is 0 Å². The monoisotopic (exact) mass is 489 g/mol. The molecule has 2 unspecified atom stereocenters. The van der Waals surface area contributed by atoms with Crippen LogP contribution in [-0.4, -0.2) is 80.1 Å². The van der Waals surface area contributed by atoms with Crippen molar-refractivity contribution in [3.05, 3.63) is 17.2 Å². The van der Waals surface area contributed by atoms with Crippen LogP contribution >= 0.6 is 11.6 Å². The molecule has 1 saturated carbocycles. The number of nitrogens with one attached hydrogen (secondary N) is 1. The van der Waals surface area contributed by atoms with Crippen molar-refractivity contribution in [1.29, 1.82) is 0 Å². The number of fused-ring (bicyclic) bond motifs is 2. The van der Waals surface area contributed by atoms with Crippen molar-refractivity contribution in [2.75, 3.05) is 31.6 Å². The molecule has 0 bridgehead atoms. The van der Waals surface area contributed by atoms with Crippen LogP contribution in [0.15, 0.2) is 6.20 Å². The van der Waals surface area contributed by atoms with Crippen molar-refractivity contribution in [2.24, 2.45) is 0 Å². The van der Waals surface area contributed by atoms with Gasteiger partial charge >= 0.3 is 12.5 Å². The molecule has 4 N–H and O–H groups in total. The van der Waals surface area contributed by atoms with Gasteiger partial charge in [-0.2, -0.15) is 9.97 Å². The fraction of sp³-hybridized carbons (Fsp3) is 0.667. The Balaban J connectivity index is 0.000000206. The minimum absolute atomic E-state index is 0.0346. The smallest absolute Gasteiger partial charge is 0.323 e. The highest BCUT2D eigenvalue weighted by molar-refractivity contribution is 6.30. The van der Waals surface area contributed by atoms with Crippen LogP contribution in [0, 0.1) is 5.82 Å². The zero-order valence-corrected chi connectivity index (χ0v) is 19.0. The van der Waals surface area contributed by atoms with Crippen molar-refractivity contribution >= 4 is 28.3 Å². The second-order valence-electron chi connectivity index (χ2n) is 8.11. The summed E-state index contributed by atoms with van der Waals surface area (Å²) in [4.78, 5) is 13.6. The van der Waals surface area contributed by atoms with Gasteiger partial charge in [-0.1, -0.05) is 30.9 Å². The molecule has 3 fully saturated rings. The number of aromatic nitrogens is 3. The summed E-state index contributed by atoms with van der Waals surface area (Å²) in [6.45, 7) is 0.0322. The zero-order chi connectivity index (χ0) is 23.8. The Labute approximate surface area is 195 Å². The van der Waals surface area contributed by atoms with Crippen LogP contribution in [0.4, 0.5) is 14.6 Å². The van der Waals surface area contributed by atoms with Gasteiger partial charge in [-0.3, -0.25) is 4.90 Å². The molecule has 1 aliphatic carbocycles. The number of alkyl halides is 1. The average Bonchev–Trinajstić information content (AvgIpc) is 3.52. The lowest BCUT2D eigenvalue weighted by Gasteiger charge is -2.12. The van der Waals surface area contributed by atoms with Crippen molar-refractivity contribution in [3.63, 3.8) is 0 Å². The summed E-state index contributed by atoms with van der Waals surface area (Å²) in [7, 11) is 0. The molecule has 0 aromatic carbocycles. The van der Waals surface area contributed by atoms with Crippen LogP contribution in [0.2, 0.25) is 5.15 Å². The molecule has 5 rings (SSSR count). The number of nitrogens with zero attached hydrogens (tertiary/aromatic N) is 4. The van der Waals surface area contributed by atoms with Gasteiger partial charge in [0.1, 0.15) is 17.5 Å². The lowest BCUT2D eigenvalue weighted by Crippen LogP contribution is -2.22. The average molecular weight is 490 g/mol. The maximum absolute atomic E-state index is 14.0. The van der Waals surface area contributed by atoms with Crippen LogP contribution in [0.5, 0.6) is 6.01 Å². The molecule has 2 atom stereocenters. The SMILES string of the molecule is C1CC1.FC1CC2CCCN2C1.OCCCNc1nc(OC(O)O)nc2c(F)c(Cl)ncc12. The fourth-order valence-corrected chi connectivity index (χ4v) is 3.75. The van der Waals surface area contributed by atoms with Crippen molar-refractivity contribution in [2.45, 2.75) is 63.6 Å². The van der Waals surface area contributed by atoms with Crippen LogP contribution in [-0.2, 0) is 0 Å². The molecule has 0 radical (unpaired) electrons. The highest BCUT2D eigenvalue weighted by atomic mass is 35.5. The predicted octanol–water partition coefficient (Wildman–Crippen LogP) is 2.62. The Morgan fingerprint density at radius 2 is 2.00 bits per heavy atom. The Hall–Kier alpha value is -1.92.